The summed E-state index contributed by atoms with van der Waals surface area (Å²) in [6.07, 6.45) is 3.10. The Hall–Kier alpha value is -4.97. The van der Waals surface area contributed by atoms with Crippen LogP contribution >= 0.6 is 0 Å². The van der Waals surface area contributed by atoms with Gasteiger partial charge < -0.3 is 25.4 Å². The topological polar surface area (TPSA) is 163 Å². The number of carbonyl (C=O) groups is 4. The molecule has 0 saturated carbocycles. The Bertz CT molecular complexity index is 1470. The van der Waals surface area contributed by atoms with Crippen molar-refractivity contribution in [2.24, 2.45) is 4.99 Å². The summed E-state index contributed by atoms with van der Waals surface area (Å²) in [6.45, 7) is 0.0889. The number of nitrogens with zero attached hydrogens (tertiary/aromatic N) is 4. The minimum absolute atomic E-state index is 0.0889. The van der Waals surface area contributed by atoms with Crippen molar-refractivity contribution in [1.29, 1.82) is 0 Å². The van der Waals surface area contributed by atoms with Gasteiger partial charge in [-0.25, -0.2) is 14.8 Å². The van der Waals surface area contributed by atoms with Crippen molar-refractivity contribution in [2.75, 3.05) is 13.7 Å². The van der Waals surface area contributed by atoms with Crippen LogP contribution in [0.2, 0.25) is 0 Å². The number of hydrogen-bond acceptors (Lipinski definition) is 9. The molecule has 2 aromatic carbocycles. The molecular formula is C29H28N6O6. The van der Waals surface area contributed by atoms with Crippen molar-refractivity contribution in [2.45, 2.75) is 36.7 Å². The van der Waals surface area contributed by atoms with E-state index in [4.69, 9.17) is 4.74 Å². The van der Waals surface area contributed by atoms with Crippen molar-refractivity contribution < 1.29 is 29.0 Å². The Morgan fingerprint density at radius 2 is 1.78 bits per heavy atom. The number of nitrogens with one attached hydrogen (secondary N) is 2. The average Bonchev–Trinajstić information content (AvgIpc) is 3.42. The smallest absolute Gasteiger partial charge is 0.328 e. The number of aliphatic imine (C=N–C) groups is 1. The summed E-state index contributed by atoms with van der Waals surface area (Å²) in [5, 5.41) is 16.0. The van der Waals surface area contributed by atoms with Crippen LogP contribution in [0.3, 0.4) is 0 Å². The fourth-order valence-corrected chi connectivity index (χ4v) is 4.98. The van der Waals surface area contributed by atoms with E-state index in [0.29, 0.717) is 11.3 Å². The number of likely N-dealkylation sites (tertiary alicyclic amines) is 1. The molecule has 1 saturated heterocycles. The second kappa shape index (κ2) is 12.0. The van der Waals surface area contributed by atoms with E-state index in [2.05, 4.69) is 25.6 Å². The van der Waals surface area contributed by atoms with Gasteiger partial charge in [0, 0.05) is 30.9 Å². The molecule has 5 rings (SSSR count). The Kier molecular flexibility index (Phi) is 8.11. The number of ether oxygens (including phenoxy) is 1. The molecule has 2 aliphatic heterocycles. The maximum absolute atomic E-state index is 13.6. The van der Waals surface area contributed by atoms with Crippen LogP contribution in [-0.4, -0.2) is 81.7 Å². The summed E-state index contributed by atoms with van der Waals surface area (Å²) in [6, 6.07) is 13.3. The minimum Gasteiger partial charge on any atom is -0.467 e. The van der Waals surface area contributed by atoms with E-state index in [1.54, 1.807) is 67.0 Å². The van der Waals surface area contributed by atoms with Crippen molar-refractivity contribution in [3.8, 4) is 0 Å². The first-order chi connectivity index (χ1) is 19.9. The largest absolute Gasteiger partial charge is 0.467 e. The SMILES string of the molecule is COC(=O)C(Cc1ccccc1)NC(=O)C1C(O)C(=O)N1C(C(=O)NCC1N=Cc2cncnc21)c1ccccc1. The molecule has 5 atom stereocenters. The Morgan fingerprint density at radius 1 is 1.07 bits per heavy atom. The highest BCUT2D eigenvalue weighted by Crippen LogP contribution is 2.33. The molecule has 2 aliphatic rings. The zero-order chi connectivity index (χ0) is 28.9. The highest BCUT2D eigenvalue weighted by Gasteiger charge is 2.55. The van der Waals surface area contributed by atoms with Crippen LogP contribution in [0.1, 0.15) is 34.5 Å². The molecule has 210 valence electrons. The molecule has 5 unspecified atom stereocenters. The number of β-lactam (4-membered cyclic amide) rings is 1. The summed E-state index contributed by atoms with van der Waals surface area (Å²) >= 11 is 0. The van der Waals surface area contributed by atoms with Gasteiger partial charge in [-0.3, -0.25) is 19.4 Å². The van der Waals surface area contributed by atoms with Gasteiger partial charge in [0.1, 0.15) is 30.5 Å². The molecule has 12 heteroatoms. The molecule has 0 spiro atoms. The van der Waals surface area contributed by atoms with Gasteiger partial charge in [0.2, 0.25) is 11.8 Å². The quantitative estimate of drug-likeness (QED) is 0.237. The number of rotatable bonds is 10. The molecule has 3 N–H and O–H groups in total. The van der Waals surface area contributed by atoms with Crippen molar-refractivity contribution in [3.63, 3.8) is 0 Å². The number of amides is 3. The minimum atomic E-state index is -1.69. The molecule has 12 nitrogen and oxygen atoms in total. The Morgan fingerprint density at radius 3 is 2.49 bits per heavy atom. The molecule has 0 radical (unpaired) electrons. The zero-order valence-electron chi connectivity index (χ0n) is 22.1. The summed E-state index contributed by atoms with van der Waals surface area (Å²) < 4.78 is 4.87. The maximum atomic E-state index is 13.6. The molecule has 41 heavy (non-hydrogen) atoms. The van der Waals surface area contributed by atoms with E-state index < -0.39 is 54.0 Å². The zero-order valence-corrected chi connectivity index (χ0v) is 22.1. The standard InChI is InChI=1S/C29H28N6O6/c1-41-29(40)20(12-17-8-4-2-5-9-17)34-27(38)24-25(36)28(39)35(24)23(18-10-6-3-7-11-18)26(37)32-15-21-22-19(14-31-21)13-30-16-33-22/h2-11,13-14,16,20-21,23-25,36H,12,15H2,1H3,(H,32,37)(H,34,38). The summed E-state index contributed by atoms with van der Waals surface area (Å²) in [4.78, 5) is 66.2. The van der Waals surface area contributed by atoms with Gasteiger partial charge in [-0.1, -0.05) is 60.7 Å². The lowest BCUT2D eigenvalue weighted by atomic mass is 9.90. The monoisotopic (exact) mass is 556 g/mol. The highest BCUT2D eigenvalue weighted by atomic mass is 16.5. The van der Waals surface area contributed by atoms with Crippen LogP contribution in [-0.2, 0) is 30.3 Å². The lowest BCUT2D eigenvalue weighted by Crippen LogP contribution is -2.72. The second-order valence-electron chi connectivity index (χ2n) is 9.62. The van der Waals surface area contributed by atoms with Crippen LogP contribution in [0, 0.1) is 0 Å². The molecule has 3 amide bonds. The number of carbonyl (C=O) groups excluding carboxylic acids is 4. The van der Waals surface area contributed by atoms with E-state index in [-0.39, 0.29) is 13.0 Å². The van der Waals surface area contributed by atoms with Gasteiger partial charge >= 0.3 is 5.97 Å². The maximum Gasteiger partial charge on any atom is 0.328 e. The van der Waals surface area contributed by atoms with Crippen LogP contribution in [0.25, 0.3) is 0 Å². The molecular weight excluding hydrogens is 528 g/mol. The number of aromatic nitrogens is 2. The molecule has 3 aromatic rings. The van der Waals surface area contributed by atoms with Crippen molar-refractivity contribution in [1.82, 2.24) is 25.5 Å². The molecule has 3 heterocycles. The van der Waals surface area contributed by atoms with E-state index >= 15 is 0 Å². The van der Waals surface area contributed by atoms with Gasteiger partial charge in [-0.2, -0.15) is 0 Å². The lowest BCUT2D eigenvalue weighted by Gasteiger charge is -2.47. The Balaban J connectivity index is 1.36. The third-order valence-corrected chi connectivity index (χ3v) is 7.05. The third kappa shape index (κ3) is 5.68. The van der Waals surface area contributed by atoms with Gasteiger partial charge in [-0.05, 0) is 11.1 Å². The van der Waals surface area contributed by atoms with Crippen LogP contribution < -0.4 is 10.6 Å². The first kappa shape index (κ1) is 27.6. The first-order valence-corrected chi connectivity index (χ1v) is 13.0. The van der Waals surface area contributed by atoms with Crippen LogP contribution in [0.15, 0.2) is 78.2 Å². The molecule has 1 aromatic heterocycles. The van der Waals surface area contributed by atoms with Crippen LogP contribution in [0.5, 0.6) is 0 Å². The van der Waals surface area contributed by atoms with E-state index in [1.807, 2.05) is 6.07 Å². The van der Waals surface area contributed by atoms with E-state index in [9.17, 15) is 24.3 Å². The molecule has 1 fully saturated rings. The van der Waals surface area contributed by atoms with Gasteiger partial charge in [-0.15, -0.1) is 0 Å². The van der Waals surface area contributed by atoms with E-state index in [1.165, 1.54) is 13.4 Å². The lowest BCUT2D eigenvalue weighted by molar-refractivity contribution is -0.179. The fourth-order valence-electron chi connectivity index (χ4n) is 4.98. The van der Waals surface area contributed by atoms with E-state index in [0.717, 1.165) is 16.0 Å². The average molecular weight is 557 g/mol. The molecule has 0 bridgehead atoms. The Labute approximate surface area is 235 Å². The summed E-state index contributed by atoms with van der Waals surface area (Å²) in [7, 11) is 1.20. The summed E-state index contributed by atoms with van der Waals surface area (Å²) in [5.41, 5.74) is 2.62. The van der Waals surface area contributed by atoms with Crippen LogP contribution in [0.4, 0.5) is 0 Å². The van der Waals surface area contributed by atoms with Crippen molar-refractivity contribution in [3.05, 3.63) is 95.6 Å². The highest BCUT2D eigenvalue weighted by molar-refractivity contribution is 6.04. The van der Waals surface area contributed by atoms with Gasteiger partial charge in [0.05, 0.1) is 12.8 Å². The third-order valence-electron chi connectivity index (χ3n) is 7.05. The first-order valence-electron chi connectivity index (χ1n) is 13.0. The number of esters is 1. The summed E-state index contributed by atoms with van der Waals surface area (Å²) in [5.74, 6) is -2.83. The fraction of sp³-hybridized carbons (Fsp3) is 0.276. The number of aliphatic hydroxyl groups is 1. The van der Waals surface area contributed by atoms with Gasteiger partial charge in [0.25, 0.3) is 5.91 Å². The normalized spacial score (nSPS) is 20.4. The predicted octanol–water partition coefficient (Wildman–Crippen LogP) is 0.280. The number of methoxy groups -OCH3 is 1. The number of hydrogen-bond donors (Lipinski definition) is 3. The van der Waals surface area contributed by atoms with Crippen molar-refractivity contribution >= 4 is 29.9 Å². The number of aliphatic hydroxyl groups excluding tert-OH is 1. The second-order valence-corrected chi connectivity index (χ2v) is 9.62. The number of fused-ring (bicyclic) bond motifs is 1. The number of benzene rings is 2. The van der Waals surface area contributed by atoms with Gasteiger partial charge in [0.15, 0.2) is 6.10 Å². The predicted molar refractivity (Wildman–Crippen MR) is 145 cm³/mol. The molecule has 0 aliphatic carbocycles.